The Hall–Kier alpha value is -3.99. The van der Waals surface area contributed by atoms with E-state index in [-0.39, 0.29) is 12.4 Å². The van der Waals surface area contributed by atoms with Gasteiger partial charge in [-0.25, -0.2) is 4.79 Å². The molecule has 8 nitrogen and oxygen atoms in total. The maximum atomic E-state index is 12.6. The highest BCUT2D eigenvalue weighted by molar-refractivity contribution is 6.09. The van der Waals surface area contributed by atoms with Crippen LogP contribution < -0.4 is 15.4 Å². The van der Waals surface area contributed by atoms with Gasteiger partial charge in [0, 0.05) is 34.4 Å². The van der Waals surface area contributed by atoms with Crippen molar-refractivity contribution < 1.29 is 19.4 Å². The lowest BCUT2D eigenvalue weighted by Crippen LogP contribution is -2.49. The molecule has 0 bridgehead atoms. The van der Waals surface area contributed by atoms with Crippen LogP contribution in [0.1, 0.15) is 11.3 Å². The zero-order chi connectivity index (χ0) is 20.6. The number of nitrogens with one attached hydrogen (secondary N) is 2. The number of methoxy groups -OCH3 is 1. The number of imide groups is 1. The van der Waals surface area contributed by atoms with Crippen LogP contribution in [0.5, 0.6) is 11.6 Å². The number of amides is 3. The fourth-order valence-electron chi connectivity index (χ4n) is 3.18. The van der Waals surface area contributed by atoms with Crippen LogP contribution in [0.25, 0.3) is 10.8 Å². The van der Waals surface area contributed by atoms with Gasteiger partial charge >= 0.3 is 6.03 Å². The molecular formula is C21H18N4O4. The smallest absolute Gasteiger partial charge is 0.323 e. The zero-order valence-corrected chi connectivity index (χ0v) is 15.8. The third-order valence-electron chi connectivity index (χ3n) is 4.75. The van der Waals surface area contributed by atoms with Crippen LogP contribution in [-0.2, 0) is 11.3 Å². The fourth-order valence-corrected chi connectivity index (χ4v) is 3.18. The minimum absolute atomic E-state index is 0.0500. The Kier molecular flexibility index (Phi) is 4.35. The zero-order valence-electron chi connectivity index (χ0n) is 15.8. The number of hydrogen-bond acceptors (Lipinski definition) is 5. The number of benzene rings is 1. The van der Waals surface area contributed by atoms with Gasteiger partial charge in [-0.2, -0.15) is 0 Å². The Balaban J connectivity index is 1.75. The van der Waals surface area contributed by atoms with Gasteiger partial charge in [0.25, 0.3) is 5.91 Å². The van der Waals surface area contributed by atoms with Gasteiger partial charge in [-0.05, 0) is 37.3 Å². The van der Waals surface area contributed by atoms with Crippen molar-refractivity contribution in [2.24, 2.45) is 0 Å². The van der Waals surface area contributed by atoms with Crippen molar-refractivity contribution in [2.75, 3.05) is 7.11 Å². The predicted molar refractivity (Wildman–Crippen MR) is 105 cm³/mol. The van der Waals surface area contributed by atoms with E-state index in [1.54, 1.807) is 36.7 Å². The fraction of sp³-hybridized carbons (Fsp3) is 0.190. The molecule has 8 heteroatoms. The van der Waals surface area contributed by atoms with E-state index in [4.69, 9.17) is 4.74 Å². The molecule has 0 unspecified atom stereocenters. The number of fused-ring (bicyclic) bond motifs is 1. The number of rotatable bonds is 3. The van der Waals surface area contributed by atoms with E-state index in [1.165, 1.54) is 11.7 Å². The maximum Gasteiger partial charge on any atom is 0.323 e. The SMILES string of the molecule is COc1ccc2cn(C[C@@]3(C#Cc4ccc(C)nc4)NC(=O)NC3=O)c(O)c2c1. The lowest BCUT2D eigenvalue weighted by atomic mass is 10.00. The Morgan fingerprint density at radius 2 is 2.10 bits per heavy atom. The van der Waals surface area contributed by atoms with Crippen molar-refractivity contribution in [3.05, 3.63) is 54.0 Å². The monoisotopic (exact) mass is 390 g/mol. The van der Waals surface area contributed by atoms with E-state index in [9.17, 15) is 14.7 Å². The lowest BCUT2D eigenvalue weighted by molar-refractivity contribution is -0.122. The molecule has 1 atom stereocenters. The van der Waals surface area contributed by atoms with Gasteiger partial charge < -0.3 is 19.7 Å². The number of ether oxygens (including phenoxy) is 1. The Morgan fingerprint density at radius 3 is 2.76 bits per heavy atom. The van der Waals surface area contributed by atoms with E-state index in [0.29, 0.717) is 16.7 Å². The first-order chi connectivity index (χ1) is 13.9. The molecule has 0 saturated carbocycles. The first-order valence-electron chi connectivity index (χ1n) is 8.85. The molecule has 146 valence electrons. The third kappa shape index (κ3) is 3.34. The summed E-state index contributed by atoms with van der Waals surface area (Å²) in [7, 11) is 1.54. The molecule has 1 aromatic carbocycles. The maximum absolute atomic E-state index is 12.6. The first kappa shape index (κ1) is 18.4. The summed E-state index contributed by atoms with van der Waals surface area (Å²) in [5, 5.41) is 16.8. The molecule has 1 aliphatic heterocycles. The van der Waals surface area contributed by atoms with E-state index < -0.39 is 17.5 Å². The number of nitrogens with zero attached hydrogens (tertiary/aromatic N) is 2. The van der Waals surface area contributed by atoms with Gasteiger partial charge in [-0.15, -0.1) is 0 Å². The van der Waals surface area contributed by atoms with Gasteiger partial charge in [0.05, 0.1) is 13.7 Å². The predicted octanol–water partition coefficient (Wildman–Crippen LogP) is 1.69. The van der Waals surface area contributed by atoms with Crippen molar-refractivity contribution in [3.8, 4) is 23.5 Å². The van der Waals surface area contributed by atoms with Crippen molar-refractivity contribution in [1.82, 2.24) is 20.2 Å². The highest BCUT2D eigenvalue weighted by atomic mass is 16.5. The molecule has 0 radical (unpaired) electrons. The normalized spacial score (nSPS) is 18.1. The second-order valence-electron chi connectivity index (χ2n) is 6.79. The molecule has 3 amide bonds. The van der Waals surface area contributed by atoms with Crippen LogP contribution in [0, 0.1) is 18.8 Å². The summed E-state index contributed by atoms with van der Waals surface area (Å²) in [5.41, 5.74) is -0.0782. The number of pyridine rings is 1. The summed E-state index contributed by atoms with van der Waals surface area (Å²) in [6.45, 7) is 1.79. The summed E-state index contributed by atoms with van der Waals surface area (Å²) in [6, 6.07) is 8.23. The molecule has 3 N–H and O–H groups in total. The van der Waals surface area contributed by atoms with Crippen LogP contribution in [0.2, 0.25) is 0 Å². The summed E-state index contributed by atoms with van der Waals surface area (Å²) in [5.74, 6) is 5.72. The second-order valence-corrected chi connectivity index (χ2v) is 6.79. The molecule has 1 saturated heterocycles. The summed E-state index contributed by atoms with van der Waals surface area (Å²) in [6.07, 6.45) is 3.29. The Labute approximate surface area is 166 Å². The van der Waals surface area contributed by atoms with Gasteiger partial charge in [0.15, 0.2) is 5.88 Å². The molecular weight excluding hydrogens is 372 g/mol. The molecule has 2 aromatic heterocycles. The number of aromatic hydroxyl groups is 1. The third-order valence-corrected chi connectivity index (χ3v) is 4.75. The first-order valence-corrected chi connectivity index (χ1v) is 8.85. The molecule has 0 spiro atoms. The second kappa shape index (κ2) is 6.87. The molecule has 0 aliphatic carbocycles. The lowest BCUT2D eigenvalue weighted by Gasteiger charge is -2.20. The topological polar surface area (TPSA) is 105 Å². The van der Waals surface area contributed by atoms with E-state index >= 15 is 0 Å². The van der Waals surface area contributed by atoms with Crippen LogP contribution in [0.4, 0.5) is 4.79 Å². The molecule has 29 heavy (non-hydrogen) atoms. The van der Waals surface area contributed by atoms with Crippen molar-refractivity contribution in [1.29, 1.82) is 0 Å². The molecule has 1 aliphatic rings. The standard InChI is InChI=1S/C21H18N4O4/c1-13-3-4-14(10-22-13)7-8-21(19(27)23-20(28)24-21)12-25-11-15-5-6-16(29-2)9-17(15)18(25)26/h3-6,9-11,26H,12H2,1-2H3,(H2,23,24,27,28)/t21-/m1/s1. The van der Waals surface area contributed by atoms with Gasteiger partial charge in [0.1, 0.15) is 5.75 Å². The molecule has 3 heterocycles. The number of aryl methyl sites for hydroxylation is 1. The van der Waals surface area contributed by atoms with Crippen LogP contribution in [0.15, 0.2) is 42.7 Å². The summed E-state index contributed by atoms with van der Waals surface area (Å²) in [4.78, 5) is 28.6. The van der Waals surface area contributed by atoms with Gasteiger partial charge in [-0.1, -0.05) is 11.8 Å². The number of urea groups is 1. The molecule has 1 fully saturated rings. The van der Waals surface area contributed by atoms with Crippen molar-refractivity contribution in [3.63, 3.8) is 0 Å². The van der Waals surface area contributed by atoms with Crippen LogP contribution >= 0.6 is 0 Å². The van der Waals surface area contributed by atoms with Crippen molar-refractivity contribution in [2.45, 2.75) is 19.0 Å². The average molecular weight is 390 g/mol. The number of carbonyl (C=O) groups excluding carboxylic acids is 2. The van der Waals surface area contributed by atoms with E-state index in [2.05, 4.69) is 27.5 Å². The summed E-state index contributed by atoms with van der Waals surface area (Å²) < 4.78 is 6.68. The average Bonchev–Trinajstić information content (AvgIpc) is 3.16. The van der Waals surface area contributed by atoms with Crippen LogP contribution in [-0.4, -0.2) is 39.2 Å². The Morgan fingerprint density at radius 1 is 1.28 bits per heavy atom. The van der Waals surface area contributed by atoms with Gasteiger partial charge in [-0.3, -0.25) is 15.1 Å². The molecule has 4 rings (SSSR count). The quantitative estimate of drug-likeness (QED) is 0.466. The highest BCUT2D eigenvalue weighted by Crippen LogP contribution is 2.31. The van der Waals surface area contributed by atoms with Crippen molar-refractivity contribution >= 4 is 22.7 Å². The molecule has 3 aromatic rings. The number of aromatic nitrogens is 2. The van der Waals surface area contributed by atoms with Crippen LogP contribution in [0.3, 0.4) is 0 Å². The number of carbonyl (C=O) groups is 2. The van der Waals surface area contributed by atoms with Gasteiger partial charge in [0.2, 0.25) is 5.54 Å². The largest absolute Gasteiger partial charge is 0.497 e. The Bertz CT molecular complexity index is 1190. The minimum atomic E-state index is -1.53. The number of hydrogen-bond donors (Lipinski definition) is 3. The highest BCUT2D eigenvalue weighted by Gasteiger charge is 2.46. The summed E-state index contributed by atoms with van der Waals surface area (Å²) >= 11 is 0. The van der Waals surface area contributed by atoms with E-state index in [1.807, 2.05) is 13.0 Å². The van der Waals surface area contributed by atoms with E-state index in [0.717, 1.165) is 11.1 Å². The minimum Gasteiger partial charge on any atom is -0.497 e.